The Hall–Kier alpha value is -3.31. The van der Waals surface area contributed by atoms with E-state index in [1.54, 1.807) is 40.2 Å². The Morgan fingerprint density at radius 1 is 1.05 bits per heavy atom. The second-order valence-electron chi connectivity index (χ2n) is 10.7. The van der Waals surface area contributed by atoms with E-state index in [-0.39, 0.29) is 23.9 Å². The number of hydrogen-bond donors (Lipinski definition) is 1. The first-order valence-electron chi connectivity index (χ1n) is 14.1. The van der Waals surface area contributed by atoms with Gasteiger partial charge in [0.2, 0.25) is 0 Å². The van der Waals surface area contributed by atoms with Crippen molar-refractivity contribution in [1.29, 1.82) is 0 Å². The fourth-order valence-corrected chi connectivity index (χ4v) is 7.78. The van der Waals surface area contributed by atoms with Crippen LogP contribution in [0.15, 0.2) is 79.1 Å². The highest BCUT2D eigenvalue weighted by Gasteiger charge is 2.43. The normalized spacial score (nSPS) is 21.9. The summed E-state index contributed by atoms with van der Waals surface area (Å²) in [4.78, 5) is 17.4. The molecular formula is C31H38N4O5S. The predicted molar refractivity (Wildman–Crippen MR) is 157 cm³/mol. The maximum absolute atomic E-state index is 14.0. The van der Waals surface area contributed by atoms with Crippen LogP contribution in [-0.4, -0.2) is 73.9 Å². The van der Waals surface area contributed by atoms with Crippen LogP contribution in [0, 0.1) is 0 Å². The van der Waals surface area contributed by atoms with Crippen LogP contribution in [0.5, 0.6) is 5.75 Å². The second-order valence-corrected chi connectivity index (χ2v) is 12.6. The maximum atomic E-state index is 14.0. The number of benzene rings is 2. The number of hydrogen-bond acceptors (Lipinski definition) is 6. The van der Waals surface area contributed by atoms with E-state index in [0.29, 0.717) is 57.0 Å². The smallest absolute Gasteiger partial charge is 0.282 e. The van der Waals surface area contributed by atoms with Gasteiger partial charge in [-0.3, -0.25) is 9.78 Å². The Labute approximate surface area is 242 Å². The van der Waals surface area contributed by atoms with Gasteiger partial charge in [-0.15, -0.1) is 0 Å². The zero-order valence-electron chi connectivity index (χ0n) is 23.4. The lowest BCUT2D eigenvalue weighted by molar-refractivity contribution is 0.0674. The molecule has 2 aromatic carbocycles. The minimum absolute atomic E-state index is 0.176. The third-order valence-corrected chi connectivity index (χ3v) is 10.3. The number of carbonyl (C=O) groups is 1. The molecule has 1 saturated carbocycles. The summed E-state index contributed by atoms with van der Waals surface area (Å²) in [5.41, 5.74) is 2.17. The lowest BCUT2D eigenvalue weighted by Gasteiger charge is -2.44. The molecule has 2 heterocycles. The molecule has 2 fully saturated rings. The van der Waals surface area contributed by atoms with Gasteiger partial charge >= 0.3 is 0 Å². The number of nitrogens with zero attached hydrogens (tertiary/aromatic N) is 3. The molecule has 2 aliphatic rings. The van der Waals surface area contributed by atoms with Crippen molar-refractivity contribution in [2.24, 2.45) is 0 Å². The highest BCUT2D eigenvalue weighted by Crippen LogP contribution is 2.41. The first-order valence-corrected chi connectivity index (χ1v) is 15.5. The van der Waals surface area contributed by atoms with Crippen LogP contribution in [0.3, 0.4) is 0 Å². The topological polar surface area (TPSA) is 101 Å². The van der Waals surface area contributed by atoms with Gasteiger partial charge in [-0.2, -0.15) is 17.0 Å². The van der Waals surface area contributed by atoms with E-state index in [0.717, 1.165) is 24.0 Å². The van der Waals surface area contributed by atoms with E-state index in [2.05, 4.69) is 22.4 Å². The number of carbonyl (C=O) groups excluding carboxylic acids is 1. The quantitative estimate of drug-likeness (QED) is 0.393. The van der Waals surface area contributed by atoms with Crippen molar-refractivity contribution in [3.05, 3.63) is 95.8 Å². The summed E-state index contributed by atoms with van der Waals surface area (Å²) < 4.78 is 42.0. The number of aromatic nitrogens is 1. The Morgan fingerprint density at radius 2 is 1.76 bits per heavy atom. The molecule has 1 amide bonds. The van der Waals surface area contributed by atoms with Gasteiger partial charge < -0.3 is 14.8 Å². The minimum atomic E-state index is -3.72. The average Bonchev–Trinajstić information content (AvgIpc) is 3.04. The number of rotatable bonds is 10. The largest absolute Gasteiger partial charge is 0.496 e. The van der Waals surface area contributed by atoms with Crippen LogP contribution in [0.4, 0.5) is 0 Å². The second kappa shape index (κ2) is 13.1. The molecule has 5 rings (SSSR count). The van der Waals surface area contributed by atoms with Crippen LogP contribution in [-0.2, 0) is 26.9 Å². The van der Waals surface area contributed by atoms with Crippen LogP contribution in [0.1, 0.15) is 47.2 Å². The van der Waals surface area contributed by atoms with Gasteiger partial charge in [0.15, 0.2) is 0 Å². The van der Waals surface area contributed by atoms with E-state index < -0.39 is 10.2 Å². The van der Waals surface area contributed by atoms with Crippen molar-refractivity contribution in [3.8, 4) is 5.75 Å². The van der Waals surface area contributed by atoms with E-state index in [9.17, 15) is 13.2 Å². The van der Waals surface area contributed by atoms with Crippen molar-refractivity contribution in [3.63, 3.8) is 0 Å². The molecule has 10 heteroatoms. The summed E-state index contributed by atoms with van der Waals surface area (Å²) >= 11 is 0. The van der Waals surface area contributed by atoms with Crippen LogP contribution in [0.25, 0.3) is 0 Å². The van der Waals surface area contributed by atoms with E-state index >= 15 is 0 Å². The van der Waals surface area contributed by atoms with Crippen molar-refractivity contribution < 1.29 is 22.7 Å². The molecule has 1 aliphatic heterocycles. The minimum Gasteiger partial charge on any atom is -0.496 e. The predicted octanol–water partition coefficient (Wildman–Crippen LogP) is 3.78. The number of para-hydroxylation sites is 1. The van der Waals surface area contributed by atoms with Crippen molar-refractivity contribution >= 4 is 16.1 Å². The van der Waals surface area contributed by atoms with Gasteiger partial charge in [0, 0.05) is 50.0 Å². The average molecular weight is 579 g/mol. The summed E-state index contributed by atoms with van der Waals surface area (Å²) in [6, 6.07) is 21.0. The highest BCUT2D eigenvalue weighted by molar-refractivity contribution is 7.86. The monoisotopic (exact) mass is 578 g/mol. The van der Waals surface area contributed by atoms with Gasteiger partial charge in [-0.25, -0.2) is 0 Å². The van der Waals surface area contributed by atoms with Crippen molar-refractivity contribution in [2.45, 2.75) is 43.7 Å². The Kier molecular flexibility index (Phi) is 9.34. The molecule has 1 aromatic heterocycles. The van der Waals surface area contributed by atoms with Crippen molar-refractivity contribution in [2.75, 3.05) is 40.0 Å². The fourth-order valence-electron chi connectivity index (χ4n) is 5.98. The molecule has 0 radical (unpaired) electrons. The number of pyridine rings is 1. The maximum Gasteiger partial charge on any atom is 0.282 e. The number of morpholine rings is 1. The number of nitrogens with one attached hydrogen (secondary N) is 1. The van der Waals surface area contributed by atoms with Gasteiger partial charge in [-0.05, 0) is 55.0 Å². The zero-order valence-corrected chi connectivity index (χ0v) is 24.3. The van der Waals surface area contributed by atoms with E-state index in [4.69, 9.17) is 9.47 Å². The standard InChI is InChI=1S/C31H38N4O5S/c1-39-29-12-6-5-11-28(29)30(36)33-24-31(26-9-3-2-4-10-26)15-13-27(14-16-31)35(23-25-8-7-17-32-22-25)41(37,38)34-18-20-40-21-19-34/h2-12,17,22,27H,13-16,18-21,23-24H2,1H3,(H,33,36)/t27-,31+. The first kappa shape index (κ1) is 29.2. The van der Waals surface area contributed by atoms with E-state index in [1.807, 2.05) is 42.5 Å². The molecule has 1 aliphatic carbocycles. The third kappa shape index (κ3) is 6.62. The van der Waals surface area contributed by atoms with Crippen LogP contribution in [0.2, 0.25) is 0 Å². The molecular weight excluding hydrogens is 540 g/mol. The van der Waals surface area contributed by atoms with Crippen LogP contribution >= 0.6 is 0 Å². The molecule has 0 spiro atoms. The lowest BCUT2D eigenvalue weighted by atomic mass is 9.68. The molecule has 0 unspecified atom stereocenters. The molecule has 41 heavy (non-hydrogen) atoms. The van der Waals surface area contributed by atoms with Crippen LogP contribution < -0.4 is 10.1 Å². The SMILES string of the molecule is COc1ccccc1C(=O)NC[C@]1(c2ccccc2)CC[C@@H](N(Cc2cccnc2)S(=O)(=O)N2CCOCC2)CC1. The number of amides is 1. The zero-order chi connectivity index (χ0) is 28.7. The lowest BCUT2D eigenvalue weighted by Crippen LogP contribution is -2.54. The van der Waals surface area contributed by atoms with Gasteiger partial charge in [0.1, 0.15) is 5.75 Å². The molecule has 1 N–H and O–H groups in total. The molecule has 1 saturated heterocycles. The Bertz CT molecular complexity index is 1390. The Morgan fingerprint density at radius 3 is 2.44 bits per heavy atom. The third-order valence-electron chi connectivity index (χ3n) is 8.30. The fraction of sp³-hybridized carbons (Fsp3) is 0.419. The molecule has 9 nitrogen and oxygen atoms in total. The summed E-state index contributed by atoms with van der Waals surface area (Å²) in [6.07, 6.45) is 6.23. The highest BCUT2D eigenvalue weighted by atomic mass is 32.2. The van der Waals surface area contributed by atoms with Gasteiger partial charge in [0.25, 0.3) is 16.1 Å². The first-order chi connectivity index (χ1) is 19.9. The molecule has 3 aromatic rings. The summed E-state index contributed by atoms with van der Waals surface area (Å²) in [5, 5.41) is 3.17. The molecule has 0 bridgehead atoms. The summed E-state index contributed by atoms with van der Waals surface area (Å²) in [7, 11) is -2.16. The number of methoxy groups -OCH3 is 1. The van der Waals surface area contributed by atoms with Gasteiger partial charge in [0.05, 0.1) is 25.9 Å². The van der Waals surface area contributed by atoms with E-state index in [1.165, 1.54) is 0 Å². The van der Waals surface area contributed by atoms with Crippen molar-refractivity contribution in [1.82, 2.24) is 18.9 Å². The molecule has 218 valence electrons. The summed E-state index contributed by atoms with van der Waals surface area (Å²) in [5.74, 6) is 0.342. The van der Waals surface area contributed by atoms with Gasteiger partial charge in [-0.1, -0.05) is 48.5 Å². The summed E-state index contributed by atoms with van der Waals surface area (Å²) in [6.45, 7) is 2.20. The molecule has 0 atom stereocenters. The Balaban J connectivity index is 1.38. The number of ether oxygens (including phenoxy) is 2.